The third-order valence-corrected chi connectivity index (χ3v) is 3.19. The lowest BCUT2D eigenvalue weighted by Crippen LogP contribution is -2.10. The summed E-state index contributed by atoms with van der Waals surface area (Å²) in [5.74, 6) is 1.96. The maximum absolute atomic E-state index is 6.01. The molecule has 0 N–H and O–H groups in total. The molecule has 21 heavy (non-hydrogen) atoms. The van der Waals surface area contributed by atoms with Crippen LogP contribution in [0.5, 0.6) is 17.2 Å². The van der Waals surface area contributed by atoms with Crippen molar-refractivity contribution in [3.63, 3.8) is 0 Å². The van der Waals surface area contributed by atoms with Crippen molar-refractivity contribution in [2.24, 2.45) is 0 Å². The molecule has 0 aromatic heterocycles. The van der Waals surface area contributed by atoms with Gasteiger partial charge in [0.25, 0.3) is 0 Å². The lowest BCUT2D eigenvalue weighted by molar-refractivity contribution is 0.208. The van der Waals surface area contributed by atoms with Gasteiger partial charge in [-0.25, -0.2) is 0 Å². The van der Waals surface area contributed by atoms with E-state index in [0.717, 1.165) is 5.75 Å². The van der Waals surface area contributed by atoms with Gasteiger partial charge in [0.2, 0.25) is 0 Å². The van der Waals surface area contributed by atoms with Gasteiger partial charge in [0.1, 0.15) is 19.0 Å². The largest absolute Gasteiger partial charge is 0.490 e. The molecule has 0 bridgehead atoms. The van der Waals surface area contributed by atoms with Crippen molar-refractivity contribution in [1.82, 2.24) is 0 Å². The summed E-state index contributed by atoms with van der Waals surface area (Å²) in [4.78, 5) is 0. The fraction of sp³-hybridized carbons (Fsp3) is 0.250. The molecule has 0 saturated heterocycles. The van der Waals surface area contributed by atoms with E-state index in [4.69, 9.17) is 37.4 Å². The molecule has 0 radical (unpaired) electrons. The predicted octanol–water partition coefficient (Wildman–Crippen LogP) is 4.85. The van der Waals surface area contributed by atoms with Crippen LogP contribution in [0.1, 0.15) is 6.92 Å². The highest BCUT2D eigenvalue weighted by atomic mass is 35.5. The van der Waals surface area contributed by atoms with Gasteiger partial charge in [-0.1, -0.05) is 35.3 Å². The molecule has 2 rings (SSSR count). The topological polar surface area (TPSA) is 27.7 Å². The number of ether oxygens (including phenoxy) is 3. The van der Waals surface area contributed by atoms with Gasteiger partial charge in [-0.3, -0.25) is 0 Å². The molecule has 5 heteroatoms. The summed E-state index contributed by atoms with van der Waals surface area (Å²) in [6.07, 6.45) is 0. The Morgan fingerprint density at radius 3 is 2.10 bits per heavy atom. The van der Waals surface area contributed by atoms with Crippen molar-refractivity contribution < 1.29 is 14.2 Å². The van der Waals surface area contributed by atoms with Gasteiger partial charge in [0, 0.05) is 11.1 Å². The number of para-hydroxylation sites is 2. The Balaban J connectivity index is 1.86. The number of rotatable bonds is 7. The Hall–Kier alpha value is -1.58. The Morgan fingerprint density at radius 2 is 1.43 bits per heavy atom. The molecule has 112 valence electrons. The van der Waals surface area contributed by atoms with E-state index in [1.807, 2.05) is 31.2 Å². The van der Waals surface area contributed by atoms with Gasteiger partial charge >= 0.3 is 0 Å². The van der Waals surface area contributed by atoms with Gasteiger partial charge in [-0.05, 0) is 31.2 Å². The van der Waals surface area contributed by atoms with Gasteiger partial charge in [-0.2, -0.15) is 0 Å². The molecule has 0 heterocycles. The van der Waals surface area contributed by atoms with Crippen LogP contribution in [0.4, 0.5) is 0 Å². The summed E-state index contributed by atoms with van der Waals surface area (Å²) in [5, 5.41) is 1.10. The minimum Gasteiger partial charge on any atom is -0.490 e. The van der Waals surface area contributed by atoms with E-state index in [1.54, 1.807) is 18.2 Å². The molecule has 0 atom stereocenters. The van der Waals surface area contributed by atoms with Crippen molar-refractivity contribution >= 4 is 23.2 Å². The molecule has 0 spiro atoms. The molecule has 3 nitrogen and oxygen atoms in total. The zero-order valence-electron chi connectivity index (χ0n) is 11.6. The molecular formula is C16H16Cl2O3. The standard InChI is InChI=1S/C16H16Cl2O3/c1-2-19-14-5-3-4-6-15(14)20-9-10-21-16-11-12(17)7-8-13(16)18/h3-8,11H,2,9-10H2,1H3. The summed E-state index contributed by atoms with van der Waals surface area (Å²) in [6, 6.07) is 12.6. The average Bonchev–Trinajstić information content (AvgIpc) is 2.49. The van der Waals surface area contributed by atoms with Crippen molar-refractivity contribution in [2.45, 2.75) is 6.92 Å². The van der Waals surface area contributed by atoms with E-state index in [-0.39, 0.29) is 0 Å². The third kappa shape index (κ3) is 4.73. The second-order valence-electron chi connectivity index (χ2n) is 4.15. The predicted molar refractivity (Wildman–Crippen MR) is 85.1 cm³/mol. The second-order valence-corrected chi connectivity index (χ2v) is 5.00. The number of benzene rings is 2. The lowest BCUT2D eigenvalue weighted by Gasteiger charge is -2.12. The third-order valence-electron chi connectivity index (χ3n) is 2.64. The Morgan fingerprint density at radius 1 is 0.810 bits per heavy atom. The molecule has 0 aliphatic heterocycles. The summed E-state index contributed by atoms with van der Waals surface area (Å²) in [6.45, 7) is 3.27. The zero-order valence-corrected chi connectivity index (χ0v) is 13.2. The number of hydrogen-bond acceptors (Lipinski definition) is 3. The molecule has 0 fully saturated rings. The Labute approximate surface area is 134 Å². The van der Waals surface area contributed by atoms with Gasteiger partial charge in [0.15, 0.2) is 11.5 Å². The maximum atomic E-state index is 6.01. The maximum Gasteiger partial charge on any atom is 0.161 e. The van der Waals surface area contributed by atoms with E-state index >= 15 is 0 Å². The normalized spacial score (nSPS) is 10.2. The molecule has 2 aromatic carbocycles. The van der Waals surface area contributed by atoms with Gasteiger partial charge < -0.3 is 14.2 Å². The van der Waals surface area contributed by atoms with E-state index in [2.05, 4.69) is 0 Å². The fourth-order valence-corrected chi connectivity index (χ4v) is 2.07. The van der Waals surface area contributed by atoms with Crippen molar-refractivity contribution in [1.29, 1.82) is 0 Å². The highest BCUT2D eigenvalue weighted by Gasteiger charge is 2.05. The van der Waals surface area contributed by atoms with Crippen LogP contribution in [-0.2, 0) is 0 Å². The van der Waals surface area contributed by atoms with Crippen LogP contribution in [-0.4, -0.2) is 19.8 Å². The van der Waals surface area contributed by atoms with Crippen LogP contribution < -0.4 is 14.2 Å². The number of hydrogen-bond donors (Lipinski definition) is 0. The minimum absolute atomic E-state index is 0.362. The van der Waals surface area contributed by atoms with E-state index in [1.165, 1.54) is 0 Å². The van der Waals surface area contributed by atoms with Gasteiger partial charge in [-0.15, -0.1) is 0 Å². The van der Waals surface area contributed by atoms with Crippen LogP contribution in [0.25, 0.3) is 0 Å². The Kier molecular flexibility index (Phi) is 6.03. The first-order valence-corrected chi connectivity index (χ1v) is 7.38. The van der Waals surface area contributed by atoms with E-state index < -0.39 is 0 Å². The molecular weight excluding hydrogens is 311 g/mol. The zero-order chi connectivity index (χ0) is 15.1. The smallest absolute Gasteiger partial charge is 0.161 e. The summed E-state index contributed by atoms with van der Waals surface area (Å²) < 4.78 is 16.7. The first kappa shape index (κ1) is 15.8. The summed E-state index contributed by atoms with van der Waals surface area (Å²) in [5.41, 5.74) is 0. The van der Waals surface area contributed by atoms with Crippen molar-refractivity contribution in [3.8, 4) is 17.2 Å². The quantitative estimate of drug-likeness (QED) is 0.681. The first-order chi connectivity index (χ1) is 10.2. The van der Waals surface area contributed by atoms with Crippen LogP contribution >= 0.6 is 23.2 Å². The van der Waals surface area contributed by atoms with Crippen LogP contribution in [0.15, 0.2) is 42.5 Å². The fourth-order valence-electron chi connectivity index (χ4n) is 1.74. The van der Waals surface area contributed by atoms with Crippen LogP contribution in [0.2, 0.25) is 10.0 Å². The SMILES string of the molecule is CCOc1ccccc1OCCOc1cc(Cl)ccc1Cl. The molecule has 0 unspecified atom stereocenters. The van der Waals surface area contributed by atoms with Crippen LogP contribution in [0, 0.1) is 0 Å². The summed E-state index contributed by atoms with van der Waals surface area (Å²) in [7, 11) is 0. The first-order valence-electron chi connectivity index (χ1n) is 6.63. The van der Waals surface area contributed by atoms with Gasteiger partial charge in [0.05, 0.1) is 11.6 Å². The monoisotopic (exact) mass is 326 g/mol. The average molecular weight is 327 g/mol. The van der Waals surface area contributed by atoms with Crippen molar-refractivity contribution in [3.05, 3.63) is 52.5 Å². The Bertz CT molecular complexity index is 587. The molecule has 0 aliphatic rings. The molecule has 0 aliphatic carbocycles. The molecule has 2 aromatic rings. The minimum atomic E-state index is 0.362. The summed E-state index contributed by atoms with van der Waals surface area (Å²) >= 11 is 11.9. The highest BCUT2D eigenvalue weighted by Crippen LogP contribution is 2.28. The van der Waals surface area contributed by atoms with Crippen molar-refractivity contribution in [2.75, 3.05) is 19.8 Å². The van der Waals surface area contributed by atoms with Crippen LogP contribution in [0.3, 0.4) is 0 Å². The number of halogens is 2. The molecule has 0 saturated carbocycles. The van der Waals surface area contributed by atoms with E-state index in [0.29, 0.717) is 41.4 Å². The molecule has 0 amide bonds. The highest BCUT2D eigenvalue weighted by molar-refractivity contribution is 6.34. The lowest BCUT2D eigenvalue weighted by atomic mass is 10.3. The van der Waals surface area contributed by atoms with E-state index in [9.17, 15) is 0 Å². The second kappa shape index (κ2) is 8.01.